The van der Waals surface area contributed by atoms with Crippen LogP contribution in [0.2, 0.25) is 5.02 Å². The molecule has 0 atom stereocenters. The molecule has 4 heteroatoms. The standard InChI is InChI=1S/C12H8ClN3/c13-9-5-3-4-8-11(9)15-10-6-1-2-7-16(10)12(8)14/h1-7,14H. The highest BCUT2D eigenvalue weighted by Gasteiger charge is 2.04. The third kappa shape index (κ3) is 1.22. The van der Waals surface area contributed by atoms with Crippen molar-refractivity contribution in [3.63, 3.8) is 0 Å². The molecule has 0 saturated heterocycles. The Balaban J connectivity index is 2.67. The van der Waals surface area contributed by atoms with Gasteiger partial charge in [-0.05, 0) is 24.3 Å². The van der Waals surface area contributed by atoms with Crippen LogP contribution >= 0.6 is 11.6 Å². The summed E-state index contributed by atoms with van der Waals surface area (Å²) in [5.74, 6) is 0. The van der Waals surface area contributed by atoms with Crippen LogP contribution in [0.15, 0.2) is 42.6 Å². The molecule has 3 nitrogen and oxygen atoms in total. The van der Waals surface area contributed by atoms with Crippen LogP contribution in [0.1, 0.15) is 0 Å². The van der Waals surface area contributed by atoms with E-state index in [9.17, 15) is 0 Å². The van der Waals surface area contributed by atoms with Gasteiger partial charge in [0.05, 0.1) is 10.5 Å². The molecule has 1 N–H and O–H groups in total. The number of hydrogen-bond acceptors (Lipinski definition) is 2. The lowest BCUT2D eigenvalue weighted by Crippen LogP contribution is -2.15. The van der Waals surface area contributed by atoms with Crippen molar-refractivity contribution in [1.29, 1.82) is 5.41 Å². The molecule has 3 aromatic rings. The molecular weight excluding hydrogens is 222 g/mol. The molecule has 0 bridgehead atoms. The smallest absolute Gasteiger partial charge is 0.140 e. The maximum absolute atomic E-state index is 8.09. The zero-order valence-corrected chi connectivity index (χ0v) is 9.07. The van der Waals surface area contributed by atoms with Gasteiger partial charge in [-0.3, -0.25) is 9.81 Å². The van der Waals surface area contributed by atoms with Gasteiger partial charge in [-0.25, -0.2) is 4.98 Å². The van der Waals surface area contributed by atoms with Gasteiger partial charge in [-0.15, -0.1) is 0 Å². The second-order valence-corrected chi connectivity index (χ2v) is 3.93. The number of nitrogens with one attached hydrogen (secondary N) is 1. The first kappa shape index (κ1) is 9.36. The Morgan fingerprint density at radius 2 is 2.00 bits per heavy atom. The van der Waals surface area contributed by atoms with Crippen molar-refractivity contribution < 1.29 is 0 Å². The zero-order valence-electron chi connectivity index (χ0n) is 8.31. The summed E-state index contributed by atoms with van der Waals surface area (Å²) in [5.41, 5.74) is 1.82. The quantitative estimate of drug-likeness (QED) is 0.592. The van der Waals surface area contributed by atoms with Gasteiger partial charge in [0.2, 0.25) is 0 Å². The second-order valence-electron chi connectivity index (χ2n) is 3.53. The van der Waals surface area contributed by atoms with E-state index in [1.54, 1.807) is 10.5 Å². The fourth-order valence-corrected chi connectivity index (χ4v) is 2.00. The summed E-state index contributed by atoms with van der Waals surface area (Å²) in [7, 11) is 0. The number of pyridine rings is 1. The third-order valence-corrected chi connectivity index (χ3v) is 2.85. The minimum Gasteiger partial charge on any atom is -0.286 e. The summed E-state index contributed by atoms with van der Waals surface area (Å²) in [6.07, 6.45) is 1.82. The summed E-state index contributed by atoms with van der Waals surface area (Å²) < 4.78 is 1.73. The Morgan fingerprint density at radius 3 is 2.88 bits per heavy atom. The Kier molecular flexibility index (Phi) is 1.94. The lowest BCUT2D eigenvalue weighted by atomic mass is 10.2. The number of halogens is 1. The van der Waals surface area contributed by atoms with Crippen LogP contribution in [0.5, 0.6) is 0 Å². The first-order valence-electron chi connectivity index (χ1n) is 4.87. The van der Waals surface area contributed by atoms with E-state index in [1.807, 2.05) is 36.5 Å². The van der Waals surface area contributed by atoms with Gasteiger partial charge in [0.1, 0.15) is 11.1 Å². The second kappa shape index (κ2) is 3.32. The topological polar surface area (TPSA) is 41.2 Å². The molecule has 0 radical (unpaired) electrons. The van der Waals surface area contributed by atoms with Crippen LogP contribution in [0.25, 0.3) is 16.6 Å². The lowest BCUT2D eigenvalue weighted by Gasteiger charge is -2.05. The van der Waals surface area contributed by atoms with Gasteiger partial charge >= 0.3 is 0 Å². The fourth-order valence-electron chi connectivity index (χ4n) is 1.78. The fraction of sp³-hybridized carbons (Fsp3) is 0. The number of nitrogens with zero attached hydrogens (tertiary/aromatic N) is 2. The Hall–Kier alpha value is -1.87. The predicted octanol–water partition coefficient (Wildman–Crippen LogP) is 2.62. The molecule has 3 rings (SSSR count). The largest absolute Gasteiger partial charge is 0.286 e. The van der Waals surface area contributed by atoms with Crippen molar-refractivity contribution in [2.75, 3.05) is 0 Å². The van der Waals surface area contributed by atoms with Gasteiger partial charge in [0.25, 0.3) is 0 Å². The van der Waals surface area contributed by atoms with Crippen LogP contribution in [0.4, 0.5) is 0 Å². The molecule has 0 fully saturated rings. The predicted molar refractivity (Wildman–Crippen MR) is 63.6 cm³/mol. The van der Waals surface area contributed by atoms with Gasteiger partial charge in [-0.2, -0.15) is 0 Å². The number of para-hydroxylation sites is 1. The third-order valence-electron chi connectivity index (χ3n) is 2.55. The highest BCUT2D eigenvalue weighted by molar-refractivity contribution is 6.35. The van der Waals surface area contributed by atoms with Gasteiger partial charge in [-0.1, -0.05) is 23.7 Å². The molecular formula is C12H8ClN3. The monoisotopic (exact) mass is 229 g/mol. The minimum atomic E-state index is 0.406. The average molecular weight is 230 g/mol. The molecule has 0 aliphatic heterocycles. The van der Waals surface area contributed by atoms with Crippen molar-refractivity contribution in [2.45, 2.75) is 0 Å². The van der Waals surface area contributed by atoms with E-state index in [-0.39, 0.29) is 0 Å². The molecule has 0 amide bonds. The normalized spacial score (nSPS) is 11.1. The van der Waals surface area contributed by atoms with E-state index in [0.29, 0.717) is 16.0 Å². The first-order chi connectivity index (χ1) is 7.77. The molecule has 16 heavy (non-hydrogen) atoms. The van der Waals surface area contributed by atoms with Crippen molar-refractivity contribution in [3.05, 3.63) is 53.1 Å². The van der Waals surface area contributed by atoms with E-state index < -0.39 is 0 Å². The number of fused-ring (bicyclic) bond motifs is 2. The molecule has 1 aromatic carbocycles. The summed E-state index contributed by atoms with van der Waals surface area (Å²) in [4.78, 5) is 4.45. The zero-order chi connectivity index (χ0) is 11.1. The SMILES string of the molecule is N=c1c2cccc(Cl)c2nc2ccccn12. The van der Waals surface area contributed by atoms with Crippen LogP contribution < -0.4 is 5.49 Å². The molecule has 2 aromatic heterocycles. The summed E-state index contributed by atoms with van der Waals surface area (Å²) in [6, 6.07) is 11.1. The maximum atomic E-state index is 8.09. The van der Waals surface area contributed by atoms with Crippen LogP contribution in [-0.4, -0.2) is 9.38 Å². The molecule has 0 spiro atoms. The molecule has 0 saturated carbocycles. The molecule has 0 unspecified atom stereocenters. The summed E-state index contributed by atoms with van der Waals surface area (Å²) >= 11 is 6.07. The van der Waals surface area contributed by atoms with Crippen molar-refractivity contribution in [2.24, 2.45) is 0 Å². The summed E-state index contributed by atoms with van der Waals surface area (Å²) in [5, 5.41) is 9.43. The van der Waals surface area contributed by atoms with Crippen LogP contribution in [-0.2, 0) is 0 Å². The average Bonchev–Trinajstić information content (AvgIpc) is 2.31. The number of aromatic nitrogens is 2. The van der Waals surface area contributed by atoms with Gasteiger partial charge in [0, 0.05) is 11.6 Å². The molecule has 78 valence electrons. The highest BCUT2D eigenvalue weighted by Crippen LogP contribution is 2.18. The molecule has 0 aliphatic carbocycles. The Labute approximate surface area is 96.4 Å². The molecule has 2 heterocycles. The van der Waals surface area contributed by atoms with E-state index >= 15 is 0 Å². The van der Waals surface area contributed by atoms with Crippen molar-refractivity contribution in [3.8, 4) is 0 Å². The van der Waals surface area contributed by atoms with Gasteiger partial charge < -0.3 is 0 Å². The van der Waals surface area contributed by atoms with Gasteiger partial charge in [0.15, 0.2) is 0 Å². The first-order valence-corrected chi connectivity index (χ1v) is 5.25. The molecule has 0 aliphatic rings. The minimum absolute atomic E-state index is 0.406. The van der Waals surface area contributed by atoms with Crippen molar-refractivity contribution in [1.82, 2.24) is 9.38 Å². The highest BCUT2D eigenvalue weighted by atomic mass is 35.5. The van der Waals surface area contributed by atoms with Crippen LogP contribution in [0, 0.1) is 5.41 Å². The Bertz CT molecular complexity index is 746. The number of benzene rings is 1. The van der Waals surface area contributed by atoms with E-state index in [4.69, 9.17) is 17.0 Å². The summed E-state index contributed by atoms with van der Waals surface area (Å²) in [6.45, 7) is 0. The van der Waals surface area contributed by atoms with Crippen molar-refractivity contribution >= 4 is 28.2 Å². The van der Waals surface area contributed by atoms with Crippen LogP contribution in [0.3, 0.4) is 0 Å². The number of rotatable bonds is 0. The Morgan fingerprint density at radius 1 is 1.12 bits per heavy atom. The van der Waals surface area contributed by atoms with E-state index in [1.165, 1.54) is 0 Å². The van der Waals surface area contributed by atoms with E-state index in [2.05, 4.69) is 4.98 Å². The lowest BCUT2D eigenvalue weighted by molar-refractivity contribution is 1.00. The number of hydrogen-bond donors (Lipinski definition) is 1. The maximum Gasteiger partial charge on any atom is 0.140 e. The van der Waals surface area contributed by atoms with E-state index in [0.717, 1.165) is 11.0 Å².